The van der Waals surface area contributed by atoms with Crippen LogP contribution in [0.5, 0.6) is 11.5 Å². The van der Waals surface area contributed by atoms with Crippen LogP contribution in [0.15, 0.2) is 54.9 Å². The fourth-order valence-electron chi connectivity index (χ4n) is 5.36. The number of anilines is 1. The van der Waals surface area contributed by atoms with Crippen LogP contribution in [-0.4, -0.2) is 25.7 Å². The quantitative estimate of drug-likeness (QED) is 0.293. The fraction of sp³-hybridized carbons (Fsp3) is 0.345. The van der Waals surface area contributed by atoms with Crippen LogP contribution in [0.1, 0.15) is 74.6 Å². The van der Waals surface area contributed by atoms with Gasteiger partial charge in [0.15, 0.2) is 5.82 Å². The first-order chi connectivity index (χ1) is 17.4. The second kappa shape index (κ2) is 10.0. The van der Waals surface area contributed by atoms with Crippen LogP contribution in [0.2, 0.25) is 0 Å². The van der Waals surface area contributed by atoms with Gasteiger partial charge in [0.05, 0.1) is 0 Å². The maximum atomic E-state index is 11.5. The summed E-state index contributed by atoms with van der Waals surface area (Å²) in [7, 11) is 0. The Morgan fingerprint density at radius 1 is 1.14 bits per heavy atom. The monoisotopic (exact) mass is 484 g/mol. The maximum Gasteiger partial charge on any atom is 0.303 e. The molecular weight excluding hydrogens is 452 g/mol. The van der Waals surface area contributed by atoms with Gasteiger partial charge in [-0.1, -0.05) is 51.0 Å². The molecule has 0 bridgehead atoms. The molecule has 1 aliphatic rings. The van der Waals surface area contributed by atoms with Crippen LogP contribution in [-0.2, 0) is 11.2 Å². The lowest BCUT2D eigenvalue weighted by atomic mass is 9.92. The first-order valence-corrected chi connectivity index (χ1v) is 12.7. The van der Waals surface area contributed by atoms with Gasteiger partial charge in [0.25, 0.3) is 0 Å². The first-order valence-electron chi connectivity index (χ1n) is 12.7. The van der Waals surface area contributed by atoms with Crippen LogP contribution in [0.4, 0.5) is 5.82 Å². The summed E-state index contributed by atoms with van der Waals surface area (Å²) in [5, 5.41) is 14.0. The zero-order valence-electron chi connectivity index (χ0n) is 20.8. The smallest absolute Gasteiger partial charge is 0.303 e. The third kappa shape index (κ3) is 4.65. The third-order valence-electron chi connectivity index (χ3n) is 7.13. The van der Waals surface area contributed by atoms with Crippen molar-refractivity contribution in [1.82, 2.24) is 14.6 Å². The Kier molecular flexibility index (Phi) is 6.63. The number of nitrogens with two attached hydrogens (primary N) is 1. The minimum atomic E-state index is -0.819. The highest BCUT2D eigenvalue weighted by Gasteiger charge is 2.29. The Balaban J connectivity index is 1.58. The highest BCUT2D eigenvalue weighted by molar-refractivity contribution is 5.91. The van der Waals surface area contributed by atoms with Gasteiger partial charge in [0, 0.05) is 23.6 Å². The summed E-state index contributed by atoms with van der Waals surface area (Å²) >= 11 is 0. The number of carboxylic acids is 1. The first kappa shape index (κ1) is 23.9. The Bertz CT molecular complexity index is 1390. The Morgan fingerprint density at radius 3 is 2.58 bits per heavy atom. The molecule has 0 atom stereocenters. The number of fused-ring (bicyclic) bond motifs is 1. The maximum absolute atomic E-state index is 11.5. The van der Waals surface area contributed by atoms with Crippen molar-refractivity contribution in [3.63, 3.8) is 0 Å². The number of hydrogen-bond donors (Lipinski definition) is 2. The predicted octanol–water partition coefficient (Wildman–Crippen LogP) is 6.57. The lowest BCUT2D eigenvalue weighted by molar-refractivity contribution is -0.136. The standard InChI is InChI=1S/C29H32N4O3/c1-18(2)21-8-5-9-23(16-21)36-22-12-10-19(11-13-22)26-24(14-15-25(34)35)27(20-6-3-4-7-20)33-28(26)29(30)31-17-32-33/h5,8-13,16-18,20H,3-4,6-7,14-15H2,1-2H3,(H,34,35)(H2,30,31,32). The van der Waals surface area contributed by atoms with Crippen molar-refractivity contribution in [1.29, 1.82) is 0 Å². The molecule has 1 aliphatic carbocycles. The number of nitrogens with zero attached hydrogens (tertiary/aromatic N) is 3. The van der Waals surface area contributed by atoms with Gasteiger partial charge in [-0.3, -0.25) is 4.79 Å². The van der Waals surface area contributed by atoms with E-state index in [9.17, 15) is 9.90 Å². The molecule has 2 heterocycles. The van der Waals surface area contributed by atoms with Crippen LogP contribution < -0.4 is 10.5 Å². The number of hydrogen-bond acceptors (Lipinski definition) is 5. The number of nitrogen functional groups attached to an aromatic ring is 1. The van der Waals surface area contributed by atoms with E-state index in [4.69, 9.17) is 10.5 Å². The zero-order valence-corrected chi connectivity index (χ0v) is 20.8. The number of carbonyl (C=O) groups is 1. The molecule has 7 heteroatoms. The fourth-order valence-corrected chi connectivity index (χ4v) is 5.36. The van der Waals surface area contributed by atoms with Gasteiger partial charge in [-0.05, 0) is 66.1 Å². The minimum absolute atomic E-state index is 0.0460. The van der Waals surface area contributed by atoms with Crippen molar-refractivity contribution >= 4 is 17.3 Å². The molecule has 5 rings (SSSR count). The van der Waals surface area contributed by atoms with Gasteiger partial charge in [0.2, 0.25) is 0 Å². The van der Waals surface area contributed by atoms with Gasteiger partial charge < -0.3 is 15.6 Å². The SMILES string of the molecule is CC(C)c1cccc(Oc2ccc(-c3c(CCC(=O)O)c(C4CCCC4)n4ncnc(N)c34)cc2)c1. The summed E-state index contributed by atoms with van der Waals surface area (Å²) in [6.45, 7) is 4.32. The summed E-state index contributed by atoms with van der Waals surface area (Å²) in [6, 6.07) is 16.0. The molecule has 3 N–H and O–H groups in total. The summed E-state index contributed by atoms with van der Waals surface area (Å²) in [5.74, 6) is 1.86. The molecule has 186 valence electrons. The third-order valence-corrected chi connectivity index (χ3v) is 7.13. The van der Waals surface area contributed by atoms with E-state index in [1.54, 1.807) is 0 Å². The Hall–Kier alpha value is -3.87. The molecule has 0 aliphatic heterocycles. The second-order valence-electron chi connectivity index (χ2n) is 9.87. The second-order valence-corrected chi connectivity index (χ2v) is 9.87. The van der Waals surface area contributed by atoms with Crippen molar-refractivity contribution in [2.45, 2.75) is 64.2 Å². The molecule has 0 radical (unpaired) electrons. The van der Waals surface area contributed by atoms with Gasteiger partial charge in [-0.15, -0.1) is 0 Å². The van der Waals surface area contributed by atoms with Crippen molar-refractivity contribution in [3.8, 4) is 22.6 Å². The average molecular weight is 485 g/mol. The number of rotatable bonds is 8. The van der Waals surface area contributed by atoms with E-state index in [1.165, 1.54) is 11.9 Å². The lowest BCUT2D eigenvalue weighted by Crippen LogP contribution is -2.07. The van der Waals surface area contributed by atoms with Gasteiger partial charge in [0.1, 0.15) is 23.3 Å². The van der Waals surface area contributed by atoms with Crippen molar-refractivity contribution in [2.75, 3.05) is 5.73 Å². The van der Waals surface area contributed by atoms with E-state index >= 15 is 0 Å². The van der Waals surface area contributed by atoms with E-state index in [-0.39, 0.29) is 6.42 Å². The molecule has 0 amide bonds. The number of ether oxygens (including phenoxy) is 1. The van der Waals surface area contributed by atoms with Crippen molar-refractivity contribution in [3.05, 3.63) is 71.7 Å². The summed E-state index contributed by atoms with van der Waals surface area (Å²) < 4.78 is 8.04. The molecule has 4 aromatic rings. The van der Waals surface area contributed by atoms with Crippen LogP contribution in [0, 0.1) is 0 Å². The van der Waals surface area contributed by atoms with Crippen LogP contribution in [0.25, 0.3) is 16.6 Å². The minimum Gasteiger partial charge on any atom is -0.481 e. The normalized spacial score (nSPS) is 14.1. The molecule has 1 saturated carbocycles. The van der Waals surface area contributed by atoms with E-state index in [0.717, 1.165) is 65.1 Å². The summed E-state index contributed by atoms with van der Waals surface area (Å²) in [6.07, 6.45) is 6.40. The highest BCUT2D eigenvalue weighted by atomic mass is 16.5. The Morgan fingerprint density at radius 2 is 1.89 bits per heavy atom. The Labute approximate surface area is 210 Å². The number of aromatic nitrogens is 3. The zero-order chi connectivity index (χ0) is 25.2. The molecule has 36 heavy (non-hydrogen) atoms. The summed E-state index contributed by atoms with van der Waals surface area (Å²) in [4.78, 5) is 15.8. The predicted molar refractivity (Wildman–Crippen MR) is 141 cm³/mol. The molecule has 2 aromatic heterocycles. The van der Waals surface area contributed by atoms with E-state index in [2.05, 4.69) is 36.1 Å². The van der Waals surface area contributed by atoms with Crippen molar-refractivity contribution < 1.29 is 14.6 Å². The molecule has 0 unspecified atom stereocenters. The highest BCUT2D eigenvalue weighted by Crippen LogP contribution is 2.44. The lowest BCUT2D eigenvalue weighted by Gasteiger charge is -2.13. The van der Waals surface area contributed by atoms with E-state index in [0.29, 0.717) is 24.1 Å². The molecule has 7 nitrogen and oxygen atoms in total. The molecular formula is C29H32N4O3. The number of carboxylic acid groups (broad SMARTS) is 1. The van der Waals surface area contributed by atoms with Gasteiger partial charge >= 0.3 is 5.97 Å². The van der Waals surface area contributed by atoms with Gasteiger partial charge in [-0.25, -0.2) is 9.50 Å². The number of benzene rings is 2. The molecule has 0 saturated heterocycles. The topological polar surface area (TPSA) is 103 Å². The molecule has 1 fully saturated rings. The molecule has 0 spiro atoms. The van der Waals surface area contributed by atoms with Crippen molar-refractivity contribution in [2.24, 2.45) is 0 Å². The summed E-state index contributed by atoms with van der Waals surface area (Å²) in [5.41, 5.74) is 12.3. The van der Waals surface area contributed by atoms with E-state index in [1.807, 2.05) is 40.9 Å². The average Bonchev–Trinajstić information content (AvgIpc) is 3.50. The van der Waals surface area contributed by atoms with Crippen LogP contribution >= 0.6 is 0 Å². The van der Waals surface area contributed by atoms with E-state index < -0.39 is 5.97 Å². The largest absolute Gasteiger partial charge is 0.481 e. The van der Waals surface area contributed by atoms with Gasteiger partial charge in [-0.2, -0.15) is 5.10 Å². The number of aliphatic carboxylic acids is 1. The van der Waals surface area contributed by atoms with Crippen LogP contribution in [0.3, 0.4) is 0 Å². The molecule has 2 aromatic carbocycles.